The second-order valence-electron chi connectivity index (χ2n) is 4.78. The zero-order valence-corrected chi connectivity index (χ0v) is 13.8. The second kappa shape index (κ2) is 7.14. The van der Waals surface area contributed by atoms with Crippen LogP contribution >= 0.6 is 0 Å². The van der Waals surface area contributed by atoms with Crippen LogP contribution in [0.15, 0.2) is 47.9 Å². The van der Waals surface area contributed by atoms with Gasteiger partial charge in [-0.2, -0.15) is 8.78 Å². The highest BCUT2D eigenvalue weighted by molar-refractivity contribution is 7.92. The summed E-state index contributed by atoms with van der Waals surface area (Å²) in [4.78, 5) is -1.74. The number of benzene rings is 2. The van der Waals surface area contributed by atoms with Gasteiger partial charge in [-0.3, -0.25) is 4.31 Å². The van der Waals surface area contributed by atoms with Gasteiger partial charge in [0.15, 0.2) is 22.3 Å². The lowest BCUT2D eigenvalue weighted by molar-refractivity contribution is 0.322. The van der Waals surface area contributed by atoms with E-state index < -0.39 is 43.9 Å². The molecule has 0 fully saturated rings. The molecule has 0 radical (unpaired) electrons. The maximum atomic E-state index is 14.2. The summed E-state index contributed by atoms with van der Waals surface area (Å²) in [6, 6.07) is 7.28. The molecule has 0 aromatic heterocycles. The fraction of sp³-hybridized carbons (Fsp3) is 0.125. The molecule has 0 saturated heterocycles. The van der Waals surface area contributed by atoms with Crippen molar-refractivity contribution in [1.82, 2.24) is 0 Å². The summed E-state index contributed by atoms with van der Waals surface area (Å²) in [5, 5.41) is 0. The number of rotatable bonds is 6. The Morgan fingerprint density at radius 2 is 1.56 bits per heavy atom. The van der Waals surface area contributed by atoms with E-state index >= 15 is 0 Å². The Balaban J connectivity index is 2.76. The first-order chi connectivity index (χ1) is 11.8. The van der Waals surface area contributed by atoms with Gasteiger partial charge in [0.2, 0.25) is 11.6 Å². The maximum Gasteiger partial charge on any atom is 0.270 e. The molecule has 2 aromatic carbocycles. The molecule has 0 amide bonds. The van der Waals surface area contributed by atoms with Gasteiger partial charge in [0.1, 0.15) is 0 Å². The fourth-order valence-electron chi connectivity index (χ4n) is 2.16. The molecule has 0 bridgehead atoms. The molecule has 0 aliphatic carbocycles. The predicted octanol–water partition coefficient (Wildman–Crippen LogP) is 3.63. The number of methoxy groups -OCH3 is 1. The van der Waals surface area contributed by atoms with Crippen molar-refractivity contribution in [2.45, 2.75) is 4.90 Å². The van der Waals surface area contributed by atoms with Crippen LogP contribution in [0.4, 0.5) is 23.2 Å². The van der Waals surface area contributed by atoms with Crippen LogP contribution in [0.5, 0.6) is 5.75 Å². The van der Waals surface area contributed by atoms with Crippen molar-refractivity contribution in [3.63, 3.8) is 0 Å². The van der Waals surface area contributed by atoms with E-state index in [2.05, 4.69) is 11.3 Å². The summed E-state index contributed by atoms with van der Waals surface area (Å²) in [5.41, 5.74) is 0.0397. The lowest BCUT2D eigenvalue weighted by Crippen LogP contribution is -2.33. The van der Waals surface area contributed by atoms with Crippen molar-refractivity contribution >= 4 is 15.7 Å². The zero-order valence-electron chi connectivity index (χ0n) is 13.0. The van der Waals surface area contributed by atoms with E-state index in [4.69, 9.17) is 0 Å². The van der Waals surface area contributed by atoms with Crippen LogP contribution in [0.1, 0.15) is 0 Å². The lowest BCUT2D eigenvalue weighted by Gasteiger charge is -2.24. The summed E-state index contributed by atoms with van der Waals surface area (Å²) >= 11 is 0. The summed E-state index contributed by atoms with van der Waals surface area (Å²) in [5.74, 6) is -9.36. The molecule has 0 atom stereocenters. The smallest absolute Gasteiger partial charge is 0.270 e. The summed E-state index contributed by atoms with van der Waals surface area (Å²) in [6.45, 7) is 3.00. The highest BCUT2D eigenvalue weighted by atomic mass is 32.2. The molecule has 9 heteroatoms. The largest absolute Gasteiger partial charge is 0.491 e. The first kappa shape index (κ1) is 18.8. The van der Waals surface area contributed by atoms with Gasteiger partial charge in [-0.1, -0.05) is 24.3 Å². The summed E-state index contributed by atoms with van der Waals surface area (Å²) in [6.07, 6.45) is 1.16. The number of nitrogens with zero attached hydrogens (tertiary/aromatic N) is 1. The number of hydrogen-bond acceptors (Lipinski definition) is 3. The number of para-hydroxylation sites is 1. The molecule has 4 nitrogen and oxygen atoms in total. The molecule has 2 aromatic rings. The van der Waals surface area contributed by atoms with E-state index in [9.17, 15) is 26.0 Å². The van der Waals surface area contributed by atoms with Gasteiger partial charge in [0, 0.05) is 0 Å². The van der Waals surface area contributed by atoms with E-state index in [-0.39, 0.29) is 12.2 Å². The van der Waals surface area contributed by atoms with E-state index in [1.54, 1.807) is 6.07 Å². The zero-order chi connectivity index (χ0) is 18.8. The Morgan fingerprint density at radius 1 is 1.04 bits per heavy atom. The fourth-order valence-corrected chi connectivity index (χ4v) is 3.71. The van der Waals surface area contributed by atoms with Gasteiger partial charge in [0.25, 0.3) is 10.0 Å². The lowest BCUT2D eigenvalue weighted by atomic mass is 10.3. The minimum absolute atomic E-state index is 0.0397. The minimum Gasteiger partial charge on any atom is -0.491 e. The van der Waals surface area contributed by atoms with E-state index in [0.29, 0.717) is 4.31 Å². The second-order valence-corrected chi connectivity index (χ2v) is 6.58. The number of anilines is 1. The average Bonchev–Trinajstić information content (AvgIpc) is 2.59. The molecular formula is C16H13F4NO3S. The molecule has 134 valence electrons. The standard InChI is InChI=1S/C16H13F4NO3S/c1-3-9-21(10-7-5-4-6-8-10)25(22,23)16-13(19)11(17)15(24-2)12(18)14(16)20/h3-8H,1,9H2,2H3. The third-order valence-corrected chi connectivity index (χ3v) is 5.09. The summed E-state index contributed by atoms with van der Waals surface area (Å²) in [7, 11) is -4.18. The van der Waals surface area contributed by atoms with Gasteiger partial charge >= 0.3 is 0 Å². The van der Waals surface area contributed by atoms with E-state index in [1.165, 1.54) is 24.3 Å². The molecule has 25 heavy (non-hydrogen) atoms. The highest BCUT2D eigenvalue weighted by Crippen LogP contribution is 2.35. The Bertz CT molecular complexity index is 872. The van der Waals surface area contributed by atoms with Crippen molar-refractivity contribution in [2.75, 3.05) is 18.0 Å². The number of halogens is 4. The van der Waals surface area contributed by atoms with Crippen molar-refractivity contribution in [3.05, 3.63) is 66.3 Å². The number of ether oxygens (including phenoxy) is 1. The van der Waals surface area contributed by atoms with Crippen LogP contribution in [0.3, 0.4) is 0 Å². The molecule has 0 heterocycles. The topological polar surface area (TPSA) is 46.6 Å². The van der Waals surface area contributed by atoms with E-state index in [0.717, 1.165) is 13.2 Å². The minimum atomic E-state index is -4.97. The Hall–Kier alpha value is -2.55. The Labute approximate surface area is 142 Å². The molecule has 0 aliphatic rings. The predicted molar refractivity (Wildman–Crippen MR) is 84.0 cm³/mol. The van der Waals surface area contributed by atoms with Crippen LogP contribution in [-0.4, -0.2) is 22.1 Å². The van der Waals surface area contributed by atoms with Crippen molar-refractivity contribution in [2.24, 2.45) is 0 Å². The third kappa shape index (κ3) is 3.19. The van der Waals surface area contributed by atoms with Gasteiger partial charge < -0.3 is 4.74 Å². The van der Waals surface area contributed by atoms with Crippen molar-refractivity contribution in [3.8, 4) is 5.75 Å². The van der Waals surface area contributed by atoms with Crippen LogP contribution in [0, 0.1) is 23.3 Å². The highest BCUT2D eigenvalue weighted by Gasteiger charge is 2.37. The molecule has 0 saturated carbocycles. The van der Waals surface area contributed by atoms with Gasteiger partial charge in [-0.05, 0) is 12.1 Å². The van der Waals surface area contributed by atoms with Crippen molar-refractivity contribution < 1.29 is 30.7 Å². The number of sulfonamides is 1. The molecule has 0 unspecified atom stereocenters. The van der Waals surface area contributed by atoms with Crippen LogP contribution in [0.2, 0.25) is 0 Å². The summed E-state index contributed by atoms with van der Waals surface area (Å²) < 4.78 is 86.4. The average molecular weight is 375 g/mol. The molecule has 0 N–H and O–H groups in total. The van der Waals surface area contributed by atoms with Crippen molar-refractivity contribution in [1.29, 1.82) is 0 Å². The van der Waals surface area contributed by atoms with Gasteiger partial charge in [-0.25, -0.2) is 17.2 Å². The third-order valence-electron chi connectivity index (χ3n) is 3.27. The van der Waals surface area contributed by atoms with E-state index in [1.807, 2.05) is 0 Å². The van der Waals surface area contributed by atoms with Crippen LogP contribution in [-0.2, 0) is 10.0 Å². The number of hydrogen-bond donors (Lipinski definition) is 0. The molecule has 0 aliphatic heterocycles. The van der Waals surface area contributed by atoms with Crippen LogP contribution < -0.4 is 9.04 Å². The molecular weight excluding hydrogens is 362 g/mol. The van der Waals surface area contributed by atoms with Gasteiger partial charge in [-0.15, -0.1) is 6.58 Å². The monoisotopic (exact) mass is 375 g/mol. The normalized spacial score (nSPS) is 11.2. The first-order valence-electron chi connectivity index (χ1n) is 6.86. The quantitative estimate of drug-likeness (QED) is 0.440. The Kier molecular flexibility index (Phi) is 5.36. The molecule has 0 spiro atoms. The SMILES string of the molecule is C=CCN(c1ccccc1)S(=O)(=O)c1c(F)c(F)c(OC)c(F)c1F. The first-order valence-corrected chi connectivity index (χ1v) is 8.30. The molecule has 2 rings (SSSR count). The maximum absolute atomic E-state index is 14.2. The van der Waals surface area contributed by atoms with Gasteiger partial charge in [0.05, 0.1) is 19.3 Å². The Morgan fingerprint density at radius 3 is 2.00 bits per heavy atom. The van der Waals surface area contributed by atoms with Crippen LogP contribution in [0.25, 0.3) is 0 Å².